The number of hydrogen-bond donors (Lipinski definition) is 1. The van der Waals surface area contributed by atoms with E-state index in [1.807, 2.05) is 6.07 Å². The molecule has 2 heterocycles. The molecule has 3 rings (SSSR count). The summed E-state index contributed by atoms with van der Waals surface area (Å²) in [5.74, 6) is -0.383. The molecule has 0 unspecified atom stereocenters. The van der Waals surface area contributed by atoms with Crippen LogP contribution in [0.15, 0.2) is 40.8 Å². The molecule has 0 bridgehead atoms. The molecule has 1 aromatic carbocycles. The number of nitrogens with zero attached hydrogens (tertiary/aromatic N) is 1. The number of benzene rings is 1. The maximum Gasteiger partial charge on any atom is 0.328 e. The molecule has 1 fully saturated rings. The van der Waals surface area contributed by atoms with Gasteiger partial charge in [-0.1, -0.05) is 23.7 Å². The van der Waals surface area contributed by atoms with Crippen molar-refractivity contribution in [2.24, 2.45) is 0 Å². The molecule has 7 heteroatoms. The van der Waals surface area contributed by atoms with Crippen molar-refractivity contribution in [1.29, 1.82) is 0 Å². The number of hydrogen-bond acceptors (Lipinski definition) is 5. The van der Waals surface area contributed by atoms with Crippen LogP contribution in [0.4, 0.5) is 0 Å². The highest BCUT2D eigenvalue weighted by Gasteiger charge is 2.37. The van der Waals surface area contributed by atoms with E-state index >= 15 is 0 Å². The number of carbonyl (C=O) groups excluding carboxylic acids is 2. The van der Waals surface area contributed by atoms with Crippen LogP contribution in [-0.4, -0.2) is 47.7 Å². The second kappa shape index (κ2) is 7.29. The second-order valence-corrected chi connectivity index (χ2v) is 6.27. The molecule has 0 spiro atoms. The zero-order valence-corrected chi connectivity index (χ0v) is 14.4. The molecule has 0 radical (unpaired) electrons. The number of aliphatic hydroxyl groups excluding tert-OH is 1. The fourth-order valence-electron chi connectivity index (χ4n) is 2.95. The molecule has 6 nitrogen and oxygen atoms in total. The van der Waals surface area contributed by atoms with E-state index in [1.165, 1.54) is 12.0 Å². The molecule has 25 heavy (non-hydrogen) atoms. The zero-order valence-electron chi connectivity index (χ0n) is 13.6. The van der Waals surface area contributed by atoms with E-state index in [-0.39, 0.29) is 18.7 Å². The van der Waals surface area contributed by atoms with Crippen LogP contribution in [0, 0.1) is 0 Å². The van der Waals surface area contributed by atoms with Crippen molar-refractivity contribution in [3.63, 3.8) is 0 Å². The monoisotopic (exact) mass is 363 g/mol. The highest BCUT2D eigenvalue weighted by molar-refractivity contribution is 6.33. The van der Waals surface area contributed by atoms with Gasteiger partial charge in [-0.15, -0.1) is 0 Å². The summed E-state index contributed by atoms with van der Waals surface area (Å²) in [4.78, 5) is 26.1. The SMILES string of the molecule is COC(=O)[C@@H]1C[C@H](O)CCN1C(=O)c1ccc(-c2ccccc2Cl)o1. The van der Waals surface area contributed by atoms with Gasteiger partial charge in [0.25, 0.3) is 5.91 Å². The topological polar surface area (TPSA) is 80.0 Å². The Bertz CT molecular complexity index is 787. The number of likely N-dealkylation sites (tertiary alicyclic amines) is 1. The number of amides is 1. The first-order valence-electron chi connectivity index (χ1n) is 7.93. The van der Waals surface area contributed by atoms with E-state index in [0.717, 1.165) is 0 Å². The van der Waals surface area contributed by atoms with Crippen LogP contribution in [0.2, 0.25) is 5.02 Å². The quantitative estimate of drug-likeness (QED) is 0.848. The molecule has 1 amide bonds. The fourth-order valence-corrected chi connectivity index (χ4v) is 3.18. The Morgan fingerprint density at radius 1 is 1.28 bits per heavy atom. The van der Waals surface area contributed by atoms with Crippen LogP contribution in [-0.2, 0) is 9.53 Å². The Labute approximate surface area is 149 Å². The summed E-state index contributed by atoms with van der Waals surface area (Å²) in [6, 6.07) is 9.56. The summed E-state index contributed by atoms with van der Waals surface area (Å²) in [6.07, 6.45) is -0.0863. The smallest absolute Gasteiger partial charge is 0.328 e. The highest BCUT2D eigenvalue weighted by Crippen LogP contribution is 2.30. The number of aliphatic hydroxyl groups is 1. The van der Waals surface area contributed by atoms with Crippen molar-refractivity contribution in [3.05, 3.63) is 47.2 Å². The molecule has 2 atom stereocenters. The van der Waals surface area contributed by atoms with Crippen molar-refractivity contribution < 1.29 is 23.8 Å². The molecule has 1 aromatic heterocycles. The number of ether oxygens (including phenoxy) is 1. The van der Waals surface area contributed by atoms with E-state index in [2.05, 4.69) is 0 Å². The summed E-state index contributed by atoms with van der Waals surface area (Å²) in [7, 11) is 1.26. The number of halogens is 1. The van der Waals surface area contributed by atoms with E-state index < -0.39 is 24.0 Å². The number of carbonyl (C=O) groups is 2. The average molecular weight is 364 g/mol. The van der Waals surface area contributed by atoms with Crippen LogP contribution in [0.3, 0.4) is 0 Å². The Morgan fingerprint density at radius 2 is 2.04 bits per heavy atom. The van der Waals surface area contributed by atoms with E-state index in [0.29, 0.717) is 22.8 Å². The lowest BCUT2D eigenvalue weighted by Crippen LogP contribution is -2.51. The Balaban J connectivity index is 1.85. The van der Waals surface area contributed by atoms with Gasteiger partial charge in [-0.3, -0.25) is 4.79 Å². The van der Waals surface area contributed by atoms with Gasteiger partial charge < -0.3 is 19.2 Å². The minimum absolute atomic E-state index is 0.111. The summed E-state index contributed by atoms with van der Waals surface area (Å²) in [5, 5.41) is 10.3. The van der Waals surface area contributed by atoms with E-state index in [4.69, 9.17) is 20.8 Å². The van der Waals surface area contributed by atoms with Crippen LogP contribution < -0.4 is 0 Å². The van der Waals surface area contributed by atoms with Crippen LogP contribution in [0.5, 0.6) is 0 Å². The molecular weight excluding hydrogens is 346 g/mol. The Kier molecular flexibility index (Phi) is 5.11. The van der Waals surface area contributed by atoms with Crippen LogP contribution in [0.25, 0.3) is 11.3 Å². The third kappa shape index (κ3) is 3.55. The maximum absolute atomic E-state index is 12.8. The Hall–Kier alpha value is -2.31. The van der Waals surface area contributed by atoms with E-state index in [9.17, 15) is 14.7 Å². The highest BCUT2D eigenvalue weighted by atomic mass is 35.5. The first kappa shape index (κ1) is 17.5. The van der Waals surface area contributed by atoms with Gasteiger partial charge in [0.15, 0.2) is 5.76 Å². The van der Waals surface area contributed by atoms with Gasteiger partial charge in [0, 0.05) is 18.5 Å². The first-order chi connectivity index (χ1) is 12.0. The van der Waals surface area contributed by atoms with Gasteiger partial charge in [0.1, 0.15) is 11.8 Å². The normalized spacial score (nSPS) is 20.4. The van der Waals surface area contributed by atoms with Crippen LogP contribution >= 0.6 is 11.6 Å². The molecule has 0 aliphatic carbocycles. The number of methoxy groups -OCH3 is 1. The van der Waals surface area contributed by atoms with Gasteiger partial charge in [-0.05, 0) is 30.7 Å². The molecule has 132 valence electrons. The molecule has 1 N–H and O–H groups in total. The van der Waals surface area contributed by atoms with Gasteiger partial charge in [-0.2, -0.15) is 0 Å². The average Bonchev–Trinajstić information content (AvgIpc) is 3.10. The van der Waals surface area contributed by atoms with Gasteiger partial charge in [0.2, 0.25) is 0 Å². The van der Waals surface area contributed by atoms with E-state index in [1.54, 1.807) is 30.3 Å². The number of piperidine rings is 1. The standard InChI is InChI=1S/C18H18ClNO5/c1-24-18(23)14-10-11(21)8-9-20(14)17(22)16-7-6-15(25-16)12-4-2-3-5-13(12)19/h2-7,11,14,21H,8-10H2,1H3/t11-,14+/m1/s1. The summed E-state index contributed by atoms with van der Waals surface area (Å²) in [6.45, 7) is 0.252. The predicted octanol–water partition coefficient (Wildman–Crippen LogP) is 2.74. The summed E-state index contributed by atoms with van der Waals surface area (Å²) < 4.78 is 10.4. The molecule has 2 aromatic rings. The zero-order chi connectivity index (χ0) is 18.0. The van der Waals surface area contributed by atoms with Gasteiger partial charge in [0.05, 0.1) is 18.2 Å². The van der Waals surface area contributed by atoms with Crippen molar-refractivity contribution in [3.8, 4) is 11.3 Å². The van der Waals surface area contributed by atoms with Crippen molar-refractivity contribution in [2.75, 3.05) is 13.7 Å². The number of furan rings is 1. The molecule has 1 aliphatic heterocycles. The lowest BCUT2D eigenvalue weighted by molar-refractivity contribution is -0.148. The van der Waals surface area contributed by atoms with Crippen molar-refractivity contribution in [2.45, 2.75) is 25.0 Å². The second-order valence-electron chi connectivity index (χ2n) is 5.86. The van der Waals surface area contributed by atoms with Gasteiger partial charge in [-0.25, -0.2) is 4.79 Å². The third-order valence-corrected chi connectivity index (χ3v) is 4.59. The van der Waals surface area contributed by atoms with Gasteiger partial charge >= 0.3 is 5.97 Å². The molecular formula is C18H18ClNO5. The van der Waals surface area contributed by atoms with Crippen molar-refractivity contribution in [1.82, 2.24) is 4.90 Å². The minimum Gasteiger partial charge on any atom is -0.467 e. The predicted molar refractivity (Wildman–Crippen MR) is 91.2 cm³/mol. The largest absolute Gasteiger partial charge is 0.467 e. The number of rotatable bonds is 3. The maximum atomic E-state index is 12.8. The lowest BCUT2D eigenvalue weighted by Gasteiger charge is -2.35. The molecule has 1 saturated heterocycles. The Morgan fingerprint density at radius 3 is 2.76 bits per heavy atom. The lowest BCUT2D eigenvalue weighted by atomic mass is 9.99. The van der Waals surface area contributed by atoms with Crippen molar-refractivity contribution >= 4 is 23.5 Å². The fraction of sp³-hybridized carbons (Fsp3) is 0.333. The summed E-state index contributed by atoms with van der Waals surface area (Å²) >= 11 is 6.15. The van der Waals surface area contributed by atoms with Crippen LogP contribution in [0.1, 0.15) is 23.4 Å². The third-order valence-electron chi connectivity index (χ3n) is 4.27. The minimum atomic E-state index is -0.824. The molecule has 1 aliphatic rings. The number of esters is 1. The first-order valence-corrected chi connectivity index (χ1v) is 8.30. The summed E-state index contributed by atoms with van der Waals surface area (Å²) in [5.41, 5.74) is 0.682. The molecule has 0 saturated carbocycles.